The second-order valence-corrected chi connectivity index (χ2v) is 14.9. The number of ether oxygens (including phenoxy) is 3. The third-order valence-corrected chi connectivity index (χ3v) is 11.1. The van der Waals surface area contributed by atoms with Gasteiger partial charge in [0.15, 0.2) is 0 Å². The zero-order chi connectivity index (χ0) is 29.3. The summed E-state index contributed by atoms with van der Waals surface area (Å²) in [5, 5.41) is 0. The van der Waals surface area contributed by atoms with E-state index in [1.165, 1.54) is 37.7 Å². The minimum Gasteiger partial charge on any atom is -0.461 e. The maximum atomic E-state index is 13.0. The molecule has 4 rings (SSSR count). The largest absolute Gasteiger partial charge is 0.508 e. The molecule has 0 radical (unpaired) electrons. The first-order chi connectivity index (χ1) is 18.7. The number of cyclic esters (lactones) is 2. The van der Waals surface area contributed by atoms with Crippen molar-refractivity contribution in [2.75, 3.05) is 13.2 Å². The smallest absolute Gasteiger partial charge is 0.461 e. The molecule has 0 unspecified atom stereocenters. The Balaban J connectivity index is 1.45. The number of hydrogen-bond acceptors (Lipinski definition) is 5. The van der Waals surface area contributed by atoms with Gasteiger partial charge in [-0.15, -0.1) is 0 Å². The first kappa shape index (κ1) is 30.9. The van der Waals surface area contributed by atoms with Crippen LogP contribution in [0.5, 0.6) is 0 Å². The molecule has 3 aliphatic carbocycles. The van der Waals surface area contributed by atoms with E-state index in [0.29, 0.717) is 29.1 Å². The summed E-state index contributed by atoms with van der Waals surface area (Å²) in [4.78, 5) is 24.3. The van der Waals surface area contributed by atoms with Crippen LogP contribution >= 0.6 is 0 Å². The molecule has 0 N–H and O–H groups in total. The Bertz CT molecular complexity index is 1020. The summed E-state index contributed by atoms with van der Waals surface area (Å²) in [6, 6.07) is 0. The number of fused-ring (bicyclic) bond motifs is 1. The van der Waals surface area contributed by atoms with Gasteiger partial charge < -0.3 is 14.2 Å². The monoisotopic (exact) mass is 554 g/mol. The van der Waals surface area contributed by atoms with Crippen LogP contribution in [0.4, 0.5) is 4.79 Å². The Kier molecular flexibility index (Phi) is 9.32. The van der Waals surface area contributed by atoms with Gasteiger partial charge in [0, 0.05) is 6.42 Å². The van der Waals surface area contributed by atoms with Gasteiger partial charge in [-0.3, -0.25) is 4.79 Å². The molecule has 40 heavy (non-hydrogen) atoms. The van der Waals surface area contributed by atoms with Gasteiger partial charge in [0.1, 0.15) is 24.7 Å². The molecule has 0 amide bonds. The molecule has 0 aromatic carbocycles. The molecule has 6 atom stereocenters. The van der Waals surface area contributed by atoms with Crippen LogP contribution in [0.3, 0.4) is 0 Å². The fourth-order valence-electron chi connectivity index (χ4n) is 7.69. The molecule has 0 spiro atoms. The molecule has 0 bridgehead atoms. The van der Waals surface area contributed by atoms with Crippen LogP contribution in [0.25, 0.3) is 0 Å². The summed E-state index contributed by atoms with van der Waals surface area (Å²) in [6.07, 6.45) is 17.9. The van der Waals surface area contributed by atoms with Crippen molar-refractivity contribution in [3.63, 3.8) is 0 Å². The molecule has 1 heterocycles. The summed E-state index contributed by atoms with van der Waals surface area (Å²) in [5.41, 5.74) is 2.49. The molecule has 5 heteroatoms. The van der Waals surface area contributed by atoms with Crippen LogP contribution in [0, 0.1) is 45.8 Å². The van der Waals surface area contributed by atoms with Gasteiger partial charge in [-0.2, -0.15) is 0 Å². The number of allylic oxidation sites excluding steroid dienone is 5. The summed E-state index contributed by atoms with van der Waals surface area (Å²) < 4.78 is 15.9. The third-order valence-electron chi connectivity index (χ3n) is 11.1. The van der Waals surface area contributed by atoms with E-state index in [1.54, 1.807) is 12.5 Å². The number of carbonyl (C=O) groups excluding carboxylic acids is 2. The number of esters is 1. The Morgan fingerprint density at radius 3 is 2.33 bits per heavy atom. The third kappa shape index (κ3) is 6.54. The summed E-state index contributed by atoms with van der Waals surface area (Å²) in [5.74, 6) is 2.98. The van der Waals surface area contributed by atoms with E-state index in [9.17, 15) is 9.59 Å². The lowest BCUT2D eigenvalue weighted by atomic mass is 9.61. The molecular weight excluding hydrogens is 500 g/mol. The summed E-state index contributed by atoms with van der Waals surface area (Å²) >= 11 is 0. The molecule has 1 saturated heterocycles. The minimum absolute atomic E-state index is 0.00395. The lowest BCUT2D eigenvalue weighted by Gasteiger charge is -2.44. The maximum Gasteiger partial charge on any atom is 0.508 e. The van der Waals surface area contributed by atoms with Gasteiger partial charge >= 0.3 is 12.1 Å². The highest BCUT2D eigenvalue weighted by Gasteiger charge is 2.50. The van der Waals surface area contributed by atoms with Crippen LogP contribution in [0.2, 0.25) is 0 Å². The summed E-state index contributed by atoms with van der Waals surface area (Å²) in [6.45, 7) is 18.3. The second-order valence-electron chi connectivity index (χ2n) is 14.9. The molecule has 0 aromatic heterocycles. The molecule has 5 nitrogen and oxygen atoms in total. The standard InChI is InChI=1S/C35H54O5/c1-23(2)24(3)11-12-25(4)29-15-16-30-26(10-9-18-35(29,30)8)13-14-27-20-28(17-19-33(27,5)6)40-31(36)34(7)21-38-32(37)39-22-34/h11-14,23-25,28-30H,9-10,15-22H2,1-8H3/b12-11+,26-13+,27-14-/t24-,25+,28-,29+,30-,35+/m0/s1. The van der Waals surface area contributed by atoms with E-state index < -0.39 is 11.6 Å². The Labute approximate surface area is 243 Å². The van der Waals surface area contributed by atoms with Gasteiger partial charge in [-0.05, 0) is 92.3 Å². The minimum atomic E-state index is -0.947. The van der Waals surface area contributed by atoms with Crippen molar-refractivity contribution in [3.05, 3.63) is 35.5 Å². The van der Waals surface area contributed by atoms with Gasteiger partial charge in [-0.1, -0.05) is 83.9 Å². The first-order valence-corrected chi connectivity index (χ1v) is 15.8. The Hall–Kier alpha value is -2.04. The maximum absolute atomic E-state index is 13.0. The van der Waals surface area contributed by atoms with Crippen LogP contribution in [0.15, 0.2) is 35.5 Å². The normalized spacial score (nSPS) is 35.3. The fourth-order valence-corrected chi connectivity index (χ4v) is 7.69. The van der Waals surface area contributed by atoms with E-state index in [4.69, 9.17) is 14.2 Å². The van der Waals surface area contributed by atoms with E-state index in [-0.39, 0.29) is 30.7 Å². The molecule has 3 saturated carbocycles. The van der Waals surface area contributed by atoms with Crippen LogP contribution < -0.4 is 0 Å². The van der Waals surface area contributed by atoms with Gasteiger partial charge in [0.2, 0.25) is 0 Å². The number of rotatable bonds is 7. The van der Waals surface area contributed by atoms with Crippen molar-refractivity contribution in [1.29, 1.82) is 0 Å². The predicted octanol–water partition coefficient (Wildman–Crippen LogP) is 8.84. The van der Waals surface area contributed by atoms with E-state index >= 15 is 0 Å². The highest BCUT2D eigenvalue weighted by molar-refractivity contribution is 5.78. The highest BCUT2D eigenvalue weighted by atomic mass is 16.7. The van der Waals surface area contributed by atoms with Crippen LogP contribution in [0.1, 0.15) is 107 Å². The first-order valence-electron chi connectivity index (χ1n) is 15.8. The summed E-state index contributed by atoms with van der Waals surface area (Å²) in [7, 11) is 0. The fraction of sp³-hybridized carbons (Fsp3) is 0.771. The zero-order valence-electron chi connectivity index (χ0n) is 26.4. The average Bonchev–Trinajstić information content (AvgIpc) is 3.26. The van der Waals surface area contributed by atoms with Gasteiger partial charge in [0.05, 0.1) is 0 Å². The zero-order valence-corrected chi connectivity index (χ0v) is 26.4. The highest BCUT2D eigenvalue weighted by Crippen LogP contribution is 2.59. The van der Waals surface area contributed by atoms with Crippen molar-refractivity contribution < 1.29 is 23.8 Å². The molecule has 4 aliphatic rings. The van der Waals surface area contributed by atoms with Crippen LogP contribution in [-0.4, -0.2) is 31.4 Å². The topological polar surface area (TPSA) is 61.8 Å². The van der Waals surface area contributed by atoms with Crippen molar-refractivity contribution >= 4 is 12.1 Å². The lowest BCUT2D eigenvalue weighted by Crippen LogP contribution is -2.45. The molecule has 0 aromatic rings. The lowest BCUT2D eigenvalue weighted by molar-refractivity contribution is -0.172. The molecular formula is C35H54O5. The molecule has 1 aliphatic heterocycles. The Morgan fingerprint density at radius 1 is 0.950 bits per heavy atom. The van der Waals surface area contributed by atoms with Crippen molar-refractivity contribution in [1.82, 2.24) is 0 Å². The second kappa shape index (κ2) is 12.1. The van der Waals surface area contributed by atoms with Crippen molar-refractivity contribution in [2.24, 2.45) is 45.8 Å². The van der Waals surface area contributed by atoms with E-state index in [0.717, 1.165) is 25.2 Å². The van der Waals surface area contributed by atoms with E-state index in [1.807, 2.05) is 0 Å². The quantitative estimate of drug-likeness (QED) is 0.232. The Morgan fingerprint density at radius 2 is 1.65 bits per heavy atom. The van der Waals surface area contributed by atoms with E-state index in [2.05, 4.69) is 72.8 Å². The SMILES string of the molecule is CC(C)[C@@H](C)/C=C/[C@@H](C)[C@H]1CC[C@H]2/C(=C/C=C3/C[C@@H](OC(=O)C4(C)COC(=O)OC4)CCC3(C)C)CCC[C@]12C. The van der Waals surface area contributed by atoms with Gasteiger partial charge in [0.25, 0.3) is 0 Å². The molecule has 224 valence electrons. The van der Waals surface area contributed by atoms with Crippen molar-refractivity contribution in [2.45, 2.75) is 113 Å². The number of hydrogen-bond donors (Lipinski definition) is 0. The predicted molar refractivity (Wildman–Crippen MR) is 160 cm³/mol. The number of carbonyl (C=O) groups is 2. The average molecular weight is 555 g/mol. The molecule has 4 fully saturated rings. The van der Waals surface area contributed by atoms with Gasteiger partial charge in [-0.25, -0.2) is 4.79 Å². The van der Waals surface area contributed by atoms with Crippen LogP contribution in [-0.2, 0) is 19.0 Å². The van der Waals surface area contributed by atoms with Crippen molar-refractivity contribution in [3.8, 4) is 0 Å².